The van der Waals surface area contributed by atoms with Crippen LogP contribution in [-0.2, 0) is 16.5 Å². The highest BCUT2D eigenvalue weighted by atomic mass is 32.2. The summed E-state index contributed by atoms with van der Waals surface area (Å²) in [7, 11) is -4.87. The number of fused-ring (bicyclic) bond motifs is 1. The Morgan fingerprint density at radius 1 is 0.962 bits per heavy atom. The van der Waals surface area contributed by atoms with Crippen molar-refractivity contribution in [1.82, 2.24) is 0 Å². The summed E-state index contributed by atoms with van der Waals surface area (Å²) >= 11 is 0. The molecule has 10 heteroatoms. The van der Waals surface area contributed by atoms with E-state index in [-0.39, 0.29) is 0 Å². The molecule has 0 saturated heterocycles. The molecular weight excluding hydrogens is 383 g/mol. The Balaban J connectivity index is 2.04. The number of aliphatic hydroxyl groups excluding tert-OH is 1. The first kappa shape index (κ1) is 18.6. The minimum absolute atomic E-state index is 0.457. The van der Waals surface area contributed by atoms with Gasteiger partial charge in [0.15, 0.2) is 0 Å². The summed E-state index contributed by atoms with van der Waals surface area (Å²) in [6, 6.07) is 3.47. The third-order valence-electron chi connectivity index (χ3n) is 4.05. The fourth-order valence-electron chi connectivity index (χ4n) is 2.74. The normalized spacial score (nSPS) is 17.1. The Morgan fingerprint density at radius 2 is 1.54 bits per heavy atom. The van der Waals surface area contributed by atoms with E-state index in [1.807, 2.05) is 0 Å². The lowest BCUT2D eigenvalue weighted by Crippen LogP contribution is -2.16. The molecule has 4 nitrogen and oxygen atoms in total. The van der Waals surface area contributed by atoms with Gasteiger partial charge in [-0.2, -0.15) is 17.2 Å². The maximum atomic E-state index is 13.6. The third kappa shape index (κ3) is 3.03. The molecule has 0 heterocycles. The molecule has 1 aliphatic rings. The highest BCUT2D eigenvalue weighted by Crippen LogP contribution is 2.34. The minimum atomic E-state index is -4.87. The molecule has 1 atom stereocenters. The van der Waals surface area contributed by atoms with E-state index in [1.165, 1.54) is 6.07 Å². The van der Waals surface area contributed by atoms with Gasteiger partial charge in [-0.05, 0) is 42.5 Å². The topological polar surface area (TPSA) is 63.6 Å². The number of halogens is 5. The van der Waals surface area contributed by atoms with E-state index in [2.05, 4.69) is 4.18 Å². The van der Waals surface area contributed by atoms with Gasteiger partial charge in [0, 0.05) is 0 Å². The molecule has 0 radical (unpaired) electrons. The second kappa shape index (κ2) is 6.51. The molecule has 0 unspecified atom stereocenters. The maximum Gasteiger partial charge on any atom is 0.339 e. The third-order valence-corrected chi connectivity index (χ3v) is 5.27. The highest BCUT2D eigenvalue weighted by Gasteiger charge is 2.31. The quantitative estimate of drug-likeness (QED) is 0.375. The minimum Gasteiger partial charge on any atom is -0.388 e. The molecule has 0 fully saturated rings. The smallest absolute Gasteiger partial charge is 0.339 e. The summed E-state index contributed by atoms with van der Waals surface area (Å²) in [5.41, 5.74) is 0.997. The van der Waals surface area contributed by atoms with Crippen LogP contribution in [0.25, 0.3) is 0 Å². The standard InChI is InChI=1S/C16H11F5O4S/c17-11-12(18)14(20)16(15(21)13(11)19)25-26(23,24)8-4-5-9-7(6-8)2-1-3-10(9)22/h4-6,10,22H,1-3H2/t10-/m0/s1. The number of hydrogen-bond donors (Lipinski definition) is 1. The van der Waals surface area contributed by atoms with Gasteiger partial charge in [0.25, 0.3) is 0 Å². The van der Waals surface area contributed by atoms with Crippen molar-refractivity contribution in [3.8, 4) is 5.75 Å². The molecule has 0 aromatic heterocycles. The van der Waals surface area contributed by atoms with Gasteiger partial charge in [0.05, 0.1) is 6.10 Å². The molecule has 1 N–H and O–H groups in total. The molecule has 0 spiro atoms. The van der Waals surface area contributed by atoms with Crippen molar-refractivity contribution >= 4 is 10.1 Å². The summed E-state index contributed by atoms with van der Waals surface area (Å²) in [5, 5.41) is 9.85. The number of aryl methyl sites for hydroxylation is 1. The van der Waals surface area contributed by atoms with Gasteiger partial charge < -0.3 is 9.29 Å². The first-order valence-corrected chi connectivity index (χ1v) is 8.81. The lowest BCUT2D eigenvalue weighted by Gasteiger charge is -2.21. The Hall–Kier alpha value is -2.20. The number of benzene rings is 2. The Kier molecular flexibility index (Phi) is 4.65. The Labute approximate surface area is 145 Å². The van der Waals surface area contributed by atoms with Crippen LogP contribution in [-0.4, -0.2) is 13.5 Å². The zero-order valence-electron chi connectivity index (χ0n) is 12.9. The molecular formula is C16H11F5O4S. The van der Waals surface area contributed by atoms with Gasteiger partial charge in [-0.3, -0.25) is 0 Å². The highest BCUT2D eigenvalue weighted by molar-refractivity contribution is 7.87. The van der Waals surface area contributed by atoms with Crippen LogP contribution in [0.15, 0.2) is 23.1 Å². The van der Waals surface area contributed by atoms with Gasteiger partial charge in [0.2, 0.25) is 34.8 Å². The van der Waals surface area contributed by atoms with Crippen LogP contribution in [0.1, 0.15) is 30.1 Å². The molecule has 1 aliphatic carbocycles. The van der Waals surface area contributed by atoms with Crippen LogP contribution in [0.4, 0.5) is 22.0 Å². The lowest BCUT2D eigenvalue weighted by molar-refractivity contribution is 0.156. The molecule has 26 heavy (non-hydrogen) atoms. The fourth-order valence-corrected chi connectivity index (χ4v) is 3.72. The van der Waals surface area contributed by atoms with Gasteiger partial charge in [-0.1, -0.05) is 6.07 Å². The van der Waals surface area contributed by atoms with E-state index in [1.54, 1.807) is 0 Å². The molecule has 2 aromatic rings. The first-order chi connectivity index (χ1) is 12.1. The summed E-state index contributed by atoms with van der Waals surface area (Å²) < 4.78 is 95.3. The van der Waals surface area contributed by atoms with Crippen LogP contribution < -0.4 is 4.18 Å². The number of rotatable bonds is 3. The van der Waals surface area contributed by atoms with Gasteiger partial charge in [0.1, 0.15) is 4.90 Å². The van der Waals surface area contributed by atoms with Gasteiger partial charge >= 0.3 is 10.1 Å². The predicted octanol–water partition coefficient (Wildman–Crippen LogP) is 3.52. The first-order valence-electron chi connectivity index (χ1n) is 7.40. The van der Waals surface area contributed by atoms with Crippen molar-refractivity contribution in [1.29, 1.82) is 0 Å². The number of hydrogen-bond acceptors (Lipinski definition) is 4. The lowest BCUT2D eigenvalue weighted by atomic mass is 9.90. The van der Waals surface area contributed by atoms with Crippen molar-refractivity contribution in [3.05, 3.63) is 58.4 Å². The summed E-state index contributed by atoms with van der Waals surface area (Å²) in [6.07, 6.45) is 0.779. The van der Waals surface area contributed by atoms with Crippen molar-refractivity contribution < 1.29 is 39.7 Å². The summed E-state index contributed by atoms with van der Waals surface area (Å²) in [5.74, 6) is -13.7. The van der Waals surface area contributed by atoms with E-state index >= 15 is 0 Å². The maximum absolute atomic E-state index is 13.6. The van der Waals surface area contributed by atoms with Crippen LogP contribution in [0.3, 0.4) is 0 Å². The molecule has 0 bridgehead atoms. The summed E-state index contributed by atoms with van der Waals surface area (Å²) in [6.45, 7) is 0. The van der Waals surface area contributed by atoms with E-state index in [0.29, 0.717) is 30.4 Å². The molecule has 0 saturated carbocycles. The van der Waals surface area contributed by atoms with E-state index in [9.17, 15) is 35.5 Å². The van der Waals surface area contributed by atoms with Crippen LogP contribution >= 0.6 is 0 Å². The van der Waals surface area contributed by atoms with Gasteiger partial charge in [-0.25, -0.2) is 13.2 Å². The van der Waals surface area contributed by atoms with Crippen molar-refractivity contribution in [2.75, 3.05) is 0 Å². The van der Waals surface area contributed by atoms with Crippen molar-refractivity contribution in [2.24, 2.45) is 0 Å². The second-order valence-electron chi connectivity index (χ2n) is 5.71. The average Bonchev–Trinajstić information content (AvgIpc) is 2.62. The second-order valence-corrected chi connectivity index (χ2v) is 7.25. The average molecular weight is 394 g/mol. The molecule has 3 rings (SSSR count). The van der Waals surface area contributed by atoms with E-state index < -0.39 is 56.0 Å². The largest absolute Gasteiger partial charge is 0.388 e. The van der Waals surface area contributed by atoms with Crippen molar-refractivity contribution in [3.63, 3.8) is 0 Å². The zero-order valence-corrected chi connectivity index (χ0v) is 13.7. The van der Waals surface area contributed by atoms with Crippen molar-refractivity contribution in [2.45, 2.75) is 30.3 Å². The predicted molar refractivity (Wildman–Crippen MR) is 78.4 cm³/mol. The molecule has 0 amide bonds. The van der Waals surface area contributed by atoms with E-state index in [4.69, 9.17) is 0 Å². The molecule has 140 valence electrons. The van der Waals surface area contributed by atoms with Gasteiger partial charge in [-0.15, -0.1) is 0 Å². The molecule has 2 aromatic carbocycles. The monoisotopic (exact) mass is 394 g/mol. The van der Waals surface area contributed by atoms with E-state index in [0.717, 1.165) is 12.1 Å². The Bertz CT molecular complexity index is 962. The Morgan fingerprint density at radius 3 is 2.15 bits per heavy atom. The summed E-state index contributed by atoms with van der Waals surface area (Å²) in [4.78, 5) is -0.533. The fraction of sp³-hybridized carbons (Fsp3) is 0.250. The number of aliphatic hydroxyl groups is 1. The zero-order chi connectivity index (χ0) is 19.2. The molecule has 0 aliphatic heterocycles. The van der Waals surface area contributed by atoms with Crippen LogP contribution in [0, 0.1) is 29.1 Å². The SMILES string of the molecule is O=S(=O)(Oc1c(F)c(F)c(F)c(F)c1F)c1ccc2c(c1)CCC[C@@H]2O. The van der Waals surface area contributed by atoms with Crippen LogP contribution in [0.2, 0.25) is 0 Å². The van der Waals surface area contributed by atoms with Crippen LogP contribution in [0.5, 0.6) is 5.75 Å².